The average molecular weight is 254 g/mol. The van der Waals surface area contributed by atoms with Crippen LogP contribution in [0.25, 0.3) is 0 Å². The molecule has 18 heavy (non-hydrogen) atoms. The summed E-state index contributed by atoms with van der Waals surface area (Å²) in [5, 5.41) is 0. The van der Waals surface area contributed by atoms with Gasteiger partial charge in [-0.2, -0.15) is 0 Å². The number of carbonyl (C=O) groups is 1. The van der Waals surface area contributed by atoms with Crippen molar-refractivity contribution >= 4 is 11.6 Å². The van der Waals surface area contributed by atoms with Gasteiger partial charge in [0.15, 0.2) is 0 Å². The van der Waals surface area contributed by atoms with E-state index in [4.69, 9.17) is 10.5 Å². The number of nitrogen functional groups attached to an aromatic ring is 1. The fourth-order valence-corrected chi connectivity index (χ4v) is 1.42. The zero-order chi connectivity index (χ0) is 13.7. The minimum Gasteiger partial charge on any atom is -0.396 e. The Labute approximate surface area is 107 Å². The second-order valence-corrected chi connectivity index (χ2v) is 4.38. The van der Waals surface area contributed by atoms with Crippen molar-refractivity contribution in [3.05, 3.63) is 29.6 Å². The number of ether oxygens (including phenoxy) is 1. The summed E-state index contributed by atoms with van der Waals surface area (Å²) < 4.78 is 18.3. The lowest BCUT2D eigenvalue weighted by atomic mass is 10.1. The highest BCUT2D eigenvalue weighted by Gasteiger charge is 2.13. The summed E-state index contributed by atoms with van der Waals surface area (Å²) in [5.41, 5.74) is 5.78. The molecule has 0 aliphatic rings. The van der Waals surface area contributed by atoms with Gasteiger partial charge in [-0.15, -0.1) is 0 Å². The van der Waals surface area contributed by atoms with Crippen molar-refractivity contribution in [2.45, 2.75) is 20.0 Å². The van der Waals surface area contributed by atoms with Crippen molar-refractivity contribution < 1.29 is 13.9 Å². The number of amides is 1. The lowest BCUT2D eigenvalue weighted by Crippen LogP contribution is -2.30. The summed E-state index contributed by atoms with van der Waals surface area (Å²) in [6.45, 7) is 4.82. The molecule has 1 rings (SSSR count). The van der Waals surface area contributed by atoms with Gasteiger partial charge in [-0.25, -0.2) is 4.39 Å². The van der Waals surface area contributed by atoms with Crippen LogP contribution in [0, 0.1) is 5.82 Å². The number of halogens is 1. The van der Waals surface area contributed by atoms with Gasteiger partial charge in [0.2, 0.25) is 0 Å². The maximum absolute atomic E-state index is 13.0. The van der Waals surface area contributed by atoms with Gasteiger partial charge >= 0.3 is 0 Å². The van der Waals surface area contributed by atoms with Crippen molar-refractivity contribution in [2.24, 2.45) is 0 Å². The first kappa shape index (κ1) is 14.4. The molecule has 0 aliphatic carbocycles. The Hall–Kier alpha value is -1.62. The molecule has 0 aromatic heterocycles. The minimum absolute atomic E-state index is 0.0207. The van der Waals surface area contributed by atoms with E-state index in [0.717, 1.165) is 0 Å². The van der Waals surface area contributed by atoms with Gasteiger partial charge < -0.3 is 15.4 Å². The predicted molar refractivity (Wildman–Crippen MR) is 68.9 cm³/mol. The first-order valence-corrected chi connectivity index (χ1v) is 5.84. The van der Waals surface area contributed by atoms with E-state index in [-0.39, 0.29) is 17.7 Å². The summed E-state index contributed by atoms with van der Waals surface area (Å²) >= 11 is 0. The Bertz CT molecular complexity index is 421. The maximum atomic E-state index is 13.0. The van der Waals surface area contributed by atoms with Crippen LogP contribution < -0.4 is 5.73 Å². The summed E-state index contributed by atoms with van der Waals surface area (Å²) in [6.07, 6.45) is 0.134. The van der Waals surface area contributed by atoms with Gasteiger partial charge in [-0.3, -0.25) is 4.79 Å². The third-order valence-corrected chi connectivity index (χ3v) is 2.47. The predicted octanol–water partition coefficient (Wildman–Crippen LogP) is 1.90. The lowest BCUT2D eigenvalue weighted by molar-refractivity contribution is 0.0532. The number of nitrogens with zero attached hydrogens (tertiary/aromatic N) is 1. The molecule has 0 unspecified atom stereocenters. The van der Waals surface area contributed by atoms with Crippen LogP contribution in [0.15, 0.2) is 18.2 Å². The second kappa shape index (κ2) is 6.35. The minimum atomic E-state index is -0.516. The molecule has 0 fully saturated rings. The van der Waals surface area contributed by atoms with Gasteiger partial charge in [0, 0.05) is 19.2 Å². The van der Waals surface area contributed by atoms with E-state index in [1.807, 2.05) is 13.8 Å². The molecule has 0 spiro atoms. The Balaban J connectivity index is 2.60. The monoisotopic (exact) mass is 254 g/mol. The second-order valence-electron chi connectivity index (χ2n) is 4.38. The molecule has 1 aromatic rings. The Morgan fingerprint density at radius 1 is 1.50 bits per heavy atom. The van der Waals surface area contributed by atoms with Crippen molar-refractivity contribution in [1.29, 1.82) is 0 Å². The highest BCUT2D eigenvalue weighted by atomic mass is 19.1. The van der Waals surface area contributed by atoms with E-state index in [1.165, 1.54) is 23.1 Å². The fourth-order valence-electron chi connectivity index (χ4n) is 1.42. The van der Waals surface area contributed by atoms with Crippen molar-refractivity contribution in [3.63, 3.8) is 0 Å². The molecule has 1 aromatic carbocycles. The van der Waals surface area contributed by atoms with Crippen LogP contribution >= 0.6 is 0 Å². The van der Waals surface area contributed by atoms with Crippen molar-refractivity contribution in [1.82, 2.24) is 4.90 Å². The van der Waals surface area contributed by atoms with Gasteiger partial charge in [0.25, 0.3) is 5.91 Å². The quantitative estimate of drug-likeness (QED) is 0.816. The number of hydrogen-bond donors (Lipinski definition) is 1. The summed E-state index contributed by atoms with van der Waals surface area (Å²) in [4.78, 5) is 13.5. The van der Waals surface area contributed by atoms with Gasteiger partial charge in [0.1, 0.15) is 5.82 Å². The molecule has 0 saturated carbocycles. The van der Waals surface area contributed by atoms with Crippen LogP contribution in [0.1, 0.15) is 24.2 Å². The van der Waals surface area contributed by atoms with E-state index < -0.39 is 5.82 Å². The molecular formula is C13H19FN2O2. The molecular weight excluding hydrogens is 235 g/mol. The smallest absolute Gasteiger partial charge is 0.253 e. The van der Waals surface area contributed by atoms with E-state index in [2.05, 4.69) is 0 Å². The van der Waals surface area contributed by atoms with Crippen molar-refractivity contribution in [2.75, 3.05) is 25.9 Å². The third-order valence-electron chi connectivity index (χ3n) is 2.47. The molecule has 0 radical (unpaired) electrons. The Morgan fingerprint density at radius 3 is 2.72 bits per heavy atom. The normalized spacial score (nSPS) is 10.7. The number of rotatable bonds is 5. The van der Waals surface area contributed by atoms with Gasteiger partial charge in [0.05, 0.1) is 18.4 Å². The maximum Gasteiger partial charge on any atom is 0.253 e. The molecule has 0 bridgehead atoms. The summed E-state index contributed by atoms with van der Waals surface area (Å²) in [6, 6.07) is 3.96. The largest absolute Gasteiger partial charge is 0.396 e. The Morgan fingerprint density at radius 2 is 2.17 bits per heavy atom. The zero-order valence-electron chi connectivity index (χ0n) is 10.9. The summed E-state index contributed by atoms with van der Waals surface area (Å²) in [7, 11) is 1.67. The number of hydrogen-bond acceptors (Lipinski definition) is 3. The molecule has 5 heteroatoms. The first-order valence-electron chi connectivity index (χ1n) is 5.84. The molecule has 0 atom stereocenters. The van der Waals surface area contributed by atoms with Gasteiger partial charge in [-0.05, 0) is 32.0 Å². The highest BCUT2D eigenvalue weighted by Crippen LogP contribution is 2.13. The van der Waals surface area contributed by atoms with Crippen molar-refractivity contribution in [3.8, 4) is 0 Å². The van der Waals surface area contributed by atoms with Gasteiger partial charge in [-0.1, -0.05) is 0 Å². The standard InChI is InChI=1S/C13H19FN2O2/c1-9(2)18-7-6-16(3)13(17)10-4-5-11(14)12(15)8-10/h4-5,8-9H,6-7,15H2,1-3H3. The van der Waals surface area contributed by atoms with Crippen LogP contribution in [0.3, 0.4) is 0 Å². The Kier molecular flexibility index (Phi) is 5.09. The van der Waals surface area contributed by atoms with Crippen LogP contribution in [0.4, 0.5) is 10.1 Å². The van der Waals surface area contributed by atoms with E-state index >= 15 is 0 Å². The number of nitrogens with two attached hydrogens (primary N) is 1. The first-order chi connectivity index (χ1) is 8.41. The van der Waals surface area contributed by atoms with Crippen LogP contribution in [0.2, 0.25) is 0 Å². The van der Waals surface area contributed by atoms with E-state index in [9.17, 15) is 9.18 Å². The third kappa shape index (κ3) is 4.00. The topological polar surface area (TPSA) is 55.6 Å². The number of anilines is 1. The summed E-state index contributed by atoms with van der Waals surface area (Å²) in [5.74, 6) is -0.716. The molecule has 4 nitrogen and oxygen atoms in total. The SMILES string of the molecule is CC(C)OCCN(C)C(=O)c1ccc(F)c(N)c1. The van der Waals surface area contributed by atoms with Crippen LogP contribution in [0.5, 0.6) is 0 Å². The molecule has 0 aliphatic heterocycles. The zero-order valence-corrected chi connectivity index (χ0v) is 10.9. The lowest BCUT2D eigenvalue weighted by Gasteiger charge is -2.18. The number of likely N-dealkylation sites (N-methyl/N-ethyl adjacent to an activating group) is 1. The molecule has 2 N–H and O–H groups in total. The number of benzene rings is 1. The molecule has 0 heterocycles. The molecule has 0 saturated heterocycles. The van der Waals surface area contributed by atoms with E-state index in [0.29, 0.717) is 18.7 Å². The number of carbonyl (C=O) groups excluding carboxylic acids is 1. The fraction of sp³-hybridized carbons (Fsp3) is 0.462. The van der Waals surface area contributed by atoms with E-state index in [1.54, 1.807) is 7.05 Å². The van der Waals surface area contributed by atoms with Crippen LogP contribution in [-0.4, -0.2) is 37.1 Å². The van der Waals surface area contributed by atoms with Crippen LogP contribution in [-0.2, 0) is 4.74 Å². The average Bonchev–Trinajstić information content (AvgIpc) is 2.31. The molecule has 100 valence electrons. The highest BCUT2D eigenvalue weighted by molar-refractivity contribution is 5.94. The molecule has 1 amide bonds.